The number of hydrogen-bond acceptors (Lipinski definition) is 10. The van der Waals surface area contributed by atoms with Gasteiger partial charge in [-0.05, 0) is 42.7 Å². The molecule has 1 saturated heterocycles. The molecule has 0 spiro atoms. The van der Waals surface area contributed by atoms with Crippen LogP contribution in [0, 0.1) is 10.1 Å². The lowest BCUT2D eigenvalue weighted by molar-refractivity contribution is -0.384. The number of nitrogens with zero attached hydrogens (tertiary/aromatic N) is 6. The Bertz CT molecular complexity index is 1100. The Morgan fingerprint density at radius 3 is 2.52 bits per heavy atom. The Labute approximate surface area is 177 Å². The molecule has 0 unspecified atom stereocenters. The van der Waals surface area contributed by atoms with E-state index in [-0.39, 0.29) is 17.4 Å². The molecule has 0 bridgehead atoms. The number of phenols is 1. The lowest BCUT2D eigenvalue weighted by Gasteiger charge is -2.16. The smallest absolute Gasteiger partial charge is 0.269 e. The fourth-order valence-corrected chi connectivity index (χ4v) is 3.09. The van der Waals surface area contributed by atoms with E-state index in [2.05, 4.69) is 35.7 Å². The topological polar surface area (TPSA) is 142 Å². The molecule has 0 amide bonds. The van der Waals surface area contributed by atoms with E-state index in [0.717, 1.165) is 25.9 Å². The minimum absolute atomic E-state index is 0.00240. The number of rotatable bonds is 7. The van der Waals surface area contributed by atoms with Crippen molar-refractivity contribution in [2.24, 2.45) is 5.10 Å². The molecule has 0 saturated carbocycles. The van der Waals surface area contributed by atoms with Crippen LogP contribution in [0.1, 0.15) is 18.4 Å². The number of aromatic nitrogens is 3. The second kappa shape index (κ2) is 9.03. The van der Waals surface area contributed by atoms with Gasteiger partial charge in [0.15, 0.2) is 0 Å². The van der Waals surface area contributed by atoms with E-state index in [0.29, 0.717) is 23.1 Å². The predicted octanol–water partition coefficient (Wildman–Crippen LogP) is 3.28. The Balaban J connectivity index is 1.55. The number of non-ortho nitro benzene ring substituents is 1. The van der Waals surface area contributed by atoms with Gasteiger partial charge in [-0.25, -0.2) is 5.43 Å². The summed E-state index contributed by atoms with van der Waals surface area (Å²) in [5.41, 5.74) is 4.12. The van der Waals surface area contributed by atoms with Gasteiger partial charge in [-0.3, -0.25) is 10.1 Å². The summed E-state index contributed by atoms with van der Waals surface area (Å²) >= 11 is 0. The maximum atomic E-state index is 10.8. The fraction of sp³-hybridized carbons (Fsp3) is 0.200. The van der Waals surface area contributed by atoms with Crippen molar-refractivity contribution in [2.75, 3.05) is 28.7 Å². The maximum Gasteiger partial charge on any atom is 0.269 e. The normalized spacial score (nSPS) is 13.5. The minimum Gasteiger partial charge on any atom is -0.508 e. The largest absolute Gasteiger partial charge is 0.508 e. The molecule has 158 valence electrons. The molecular formula is C20H20N8O3. The Kier molecular flexibility index (Phi) is 5.83. The molecule has 2 heterocycles. The van der Waals surface area contributed by atoms with Crippen molar-refractivity contribution in [1.82, 2.24) is 15.0 Å². The zero-order chi connectivity index (χ0) is 21.6. The van der Waals surface area contributed by atoms with E-state index in [1.807, 2.05) is 0 Å². The van der Waals surface area contributed by atoms with Crippen LogP contribution in [0.25, 0.3) is 0 Å². The third kappa shape index (κ3) is 5.21. The Morgan fingerprint density at radius 1 is 1.06 bits per heavy atom. The summed E-state index contributed by atoms with van der Waals surface area (Å²) < 4.78 is 0. The van der Waals surface area contributed by atoms with Gasteiger partial charge in [0.25, 0.3) is 5.69 Å². The van der Waals surface area contributed by atoms with E-state index >= 15 is 0 Å². The highest BCUT2D eigenvalue weighted by Crippen LogP contribution is 2.22. The molecule has 31 heavy (non-hydrogen) atoms. The molecule has 2 aromatic carbocycles. The van der Waals surface area contributed by atoms with Crippen molar-refractivity contribution in [3.05, 3.63) is 64.2 Å². The molecule has 1 aliphatic rings. The summed E-state index contributed by atoms with van der Waals surface area (Å²) in [6.07, 6.45) is 3.67. The number of nitro groups is 1. The lowest BCUT2D eigenvalue weighted by atomic mass is 10.2. The van der Waals surface area contributed by atoms with Crippen LogP contribution < -0.4 is 15.6 Å². The number of hydrogen-bond donors (Lipinski definition) is 3. The highest BCUT2D eigenvalue weighted by Gasteiger charge is 2.17. The second-order valence-electron chi connectivity index (χ2n) is 6.87. The summed E-state index contributed by atoms with van der Waals surface area (Å²) in [5, 5.41) is 27.6. The van der Waals surface area contributed by atoms with Gasteiger partial charge < -0.3 is 15.3 Å². The molecule has 1 fully saturated rings. The van der Waals surface area contributed by atoms with Crippen molar-refractivity contribution < 1.29 is 10.0 Å². The first-order valence-electron chi connectivity index (χ1n) is 9.67. The summed E-state index contributed by atoms with van der Waals surface area (Å²) in [6, 6.07) is 12.7. The first kappa shape index (κ1) is 20.0. The maximum absolute atomic E-state index is 10.8. The average Bonchev–Trinajstić information content (AvgIpc) is 3.29. The standard InChI is InChI=1S/C20H20N8O3/c29-17-5-3-4-14(12-17)13-21-26-19-23-18(24-20(25-19)27-10-1-2-11-27)22-15-6-8-16(9-7-15)28(30)31/h3-9,12-13,29H,1-2,10-11H2,(H2,22,23,24,25,26)/b21-13+. The van der Waals surface area contributed by atoms with Crippen LogP contribution in [0.4, 0.5) is 29.2 Å². The van der Waals surface area contributed by atoms with Gasteiger partial charge in [-0.2, -0.15) is 20.1 Å². The van der Waals surface area contributed by atoms with Crippen molar-refractivity contribution >= 4 is 35.4 Å². The summed E-state index contributed by atoms with van der Waals surface area (Å²) in [5.74, 6) is 1.21. The first-order valence-corrected chi connectivity index (χ1v) is 9.67. The van der Waals surface area contributed by atoms with E-state index < -0.39 is 4.92 Å². The first-order chi connectivity index (χ1) is 15.1. The van der Waals surface area contributed by atoms with Crippen LogP contribution in [0.15, 0.2) is 53.6 Å². The molecule has 0 atom stereocenters. The van der Waals surface area contributed by atoms with E-state index in [4.69, 9.17) is 0 Å². The molecule has 3 aromatic rings. The van der Waals surface area contributed by atoms with Gasteiger partial charge >= 0.3 is 0 Å². The van der Waals surface area contributed by atoms with Crippen LogP contribution in [0.5, 0.6) is 5.75 Å². The molecule has 0 aliphatic carbocycles. The predicted molar refractivity (Wildman–Crippen MR) is 117 cm³/mol. The second-order valence-corrected chi connectivity index (χ2v) is 6.87. The minimum atomic E-state index is -0.454. The van der Waals surface area contributed by atoms with Gasteiger partial charge in [-0.15, -0.1) is 0 Å². The van der Waals surface area contributed by atoms with E-state index in [1.54, 1.807) is 42.6 Å². The van der Waals surface area contributed by atoms with Gasteiger partial charge in [0.05, 0.1) is 11.1 Å². The van der Waals surface area contributed by atoms with Crippen LogP contribution in [-0.4, -0.2) is 44.3 Å². The third-order valence-electron chi connectivity index (χ3n) is 4.60. The summed E-state index contributed by atoms with van der Waals surface area (Å²) in [6.45, 7) is 1.71. The number of nitrogens with one attached hydrogen (secondary N) is 2. The zero-order valence-corrected chi connectivity index (χ0v) is 16.5. The van der Waals surface area contributed by atoms with Crippen molar-refractivity contribution in [3.63, 3.8) is 0 Å². The van der Waals surface area contributed by atoms with E-state index in [9.17, 15) is 15.2 Å². The molecule has 3 N–H and O–H groups in total. The summed E-state index contributed by atoms with van der Waals surface area (Å²) in [4.78, 5) is 25.7. The number of benzene rings is 2. The molecule has 11 nitrogen and oxygen atoms in total. The van der Waals surface area contributed by atoms with Crippen LogP contribution >= 0.6 is 0 Å². The number of aromatic hydroxyl groups is 1. The quantitative estimate of drug-likeness (QED) is 0.298. The van der Waals surface area contributed by atoms with Crippen molar-refractivity contribution in [2.45, 2.75) is 12.8 Å². The number of phenolic OH excluding ortho intramolecular Hbond substituents is 1. The van der Waals surface area contributed by atoms with E-state index in [1.165, 1.54) is 12.1 Å². The molecule has 4 rings (SSSR count). The molecular weight excluding hydrogens is 400 g/mol. The fourth-order valence-electron chi connectivity index (χ4n) is 3.09. The SMILES string of the molecule is O=[N+]([O-])c1ccc(Nc2nc(N/N=C/c3cccc(O)c3)nc(N3CCCC3)n2)cc1. The zero-order valence-electron chi connectivity index (χ0n) is 16.5. The number of anilines is 4. The van der Waals surface area contributed by atoms with Gasteiger partial charge in [0.2, 0.25) is 17.8 Å². The molecule has 11 heteroatoms. The van der Waals surface area contributed by atoms with Gasteiger partial charge in [0, 0.05) is 30.9 Å². The van der Waals surface area contributed by atoms with Gasteiger partial charge in [0.1, 0.15) is 5.75 Å². The summed E-state index contributed by atoms with van der Waals surface area (Å²) in [7, 11) is 0. The van der Waals surface area contributed by atoms with Crippen LogP contribution in [-0.2, 0) is 0 Å². The highest BCUT2D eigenvalue weighted by molar-refractivity contribution is 5.80. The highest BCUT2D eigenvalue weighted by atomic mass is 16.6. The monoisotopic (exact) mass is 420 g/mol. The van der Waals surface area contributed by atoms with Gasteiger partial charge in [-0.1, -0.05) is 12.1 Å². The van der Waals surface area contributed by atoms with Crippen LogP contribution in [0.2, 0.25) is 0 Å². The number of hydrazone groups is 1. The molecule has 1 aliphatic heterocycles. The Hall–Kier alpha value is -4.28. The van der Waals surface area contributed by atoms with Crippen LogP contribution in [0.3, 0.4) is 0 Å². The Morgan fingerprint density at radius 2 is 1.81 bits per heavy atom. The average molecular weight is 420 g/mol. The number of nitro benzene ring substituents is 1. The molecule has 0 radical (unpaired) electrons. The van der Waals surface area contributed by atoms with Crippen molar-refractivity contribution in [1.29, 1.82) is 0 Å². The van der Waals surface area contributed by atoms with Crippen molar-refractivity contribution in [3.8, 4) is 5.75 Å². The molecule has 1 aromatic heterocycles. The third-order valence-corrected chi connectivity index (χ3v) is 4.60. The lowest BCUT2D eigenvalue weighted by Crippen LogP contribution is -2.21.